The summed E-state index contributed by atoms with van der Waals surface area (Å²) in [6, 6.07) is 7.89. The molecule has 1 aliphatic rings. The molecule has 1 heterocycles. The lowest BCUT2D eigenvalue weighted by Gasteiger charge is -2.30. The van der Waals surface area contributed by atoms with Gasteiger partial charge in [-0.3, -0.25) is 4.79 Å². The number of anilines is 2. The third-order valence-electron chi connectivity index (χ3n) is 5.17. The molecule has 0 unspecified atom stereocenters. The van der Waals surface area contributed by atoms with Crippen molar-refractivity contribution < 1.29 is 9.53 Å². The van der Waals surface area contributed by atoms with Gasteiger partial charge in [-0.1, -0.05) is 6.07 Å². The number of ether oxygens (including phenoxy) is 1. The van der Waals surface area contributed by atoms with Crippen LogP contribution < -0.4 is 20.3 Å². The Hall–Kier alpha value is -2.83. The van der Waals surface area contributed by atoms with Crippen LogP contribution in [0.15, 0.2) is 30.5 Å². The molecular formula is C22H31N5O2. The molecule has 0 bridgehead atoms. The second-order valence-electron chi connectivity index (χ2n) is 7.72. The number of benzene rings is 1. The van der Waals surface area contributed by atoms with Gasteiger partial charge in [-0.2, -0.15) is 4.98 Å². The number of nitrogens with one attached hydrogen (secondary N) is 2. The van der Waals surface area contributed by atoms with Crippen LogP contribution in [0.25, 0.3) is 0 Å². The summed E-state index contributed by atoms with van der Waals surface area (Å²) in [5.41, 5.74) is 1.68. The largest absolute Gasteiger partial charge is 0.494 e. The van der Waals surface area contributed by atoms with E-state index in [-0.39, 0.29) is 11.9 Å². The van der Waals surface area contributed by atoms with Gasteiger partial charge in [0.25, 0.3) is 5.91 Å². The van der Waals surface area contributed by atoms with Crippen LogP contribution in [-0.2, 0) is 0 Å². The zero-order valence-electron chi connectivity index (χ0n) is 17.7. The molecule has 1 saturated carbocycles. The number of hydrogen-bond acceptors (Lipinski definition) is 6. The molecule has 1 fully saturated rings. The Kier molecular flexibility index (Phi) is 6.90. The third-order valence-corrected chi connectivity index (χ3v) is 5.17. The molecule has 1 amide bonds. The second kappa shape index (κ2) is 9.58. The summed E-state index contributed by atoms with van der Waals surface area (Å²) in [6.07, 6.45) is 5.72. The summed E-state index contributed by atoms with van der Waals surface area (Å²) in [4.78, 5) is 23.4. The predicted octanol–water partition coefficient (Wildman–Crippen LogP) is 3.40. The van der Waals surface area contributed by atoms with Crippen molar-refractivity contribution in [1.82, 2.24) is 15.3 Å². The summed E-state index contributed by atoms with van der Waals surface area (Å²) in [7, 11) is 3.87. The molecule has 0 aliphatic heterocycles. The van der Waals surface area contributed by atoms with Crippen LogP contribution in [0.2, 0.25) is 0 Å². The molecule has 1 aromatic heterocycles. The van der Waals surface area contributed by atoms with E-state index in [0.717, 1.165) is 42.8 Å². The molecule has 2 N–H and O–H groups in total. The van der Waals surface area contributed by atoms with Crippen molar-refractivity contribution in [2.45, 2.75) is 51.6 Å². The van der Waals surface area contributed by atoms with Crippen LogP contribution in [0.1, 0.15) is 48.5 Å². The quantitative estimate of drug-likeness (QED) is 0.745. The Morgan fingerprint density at radius 1 is 1.21 bits per heavy atom. The van der Waals surface area contributed by atoms with Crippen LogP contribution in [0.3, 0.4) is 0 Å². The highest BCUT2D eigenvalue weighted by atomic mass is 16.5. The van der Waals surface area contributed by atoms with Gasteiger partial charge in [0.15, 0.2) is 0 Å². The number of hydrogen-bond donors (Lipinski definition) is 2. The average Bonchev–Trinajstić information content (AvgIpc) is 2.71. The molecule has 7 heteroatoms. The summed E-state index contributed by atoms with van der Waals surface area (Å²) in [5, 5.41) is 6.73. The van der Waals surface area contributed by atoms with E-state index in [2.05, 4.69) is 20.6 Å². The maximum atomic E-state index is 12.6. The van der Waals surface area contributed by atoms with Crippen molar-refractivity contribution in [2.75, 3.05) is 30.9 Å². The topological polar surface area (TPSA) is 79.4 Å². The van der Waals surface area contributed by atoms with E-state index < -0.39 is 0 Å². The maximum absolute atomic E-state index is 12.6. The zero-order valence-corrected chi connectivity index (χ0v) is 17.7. The Morgan fingerprint density at radius 3 is 2.62 bits per heavy atom. The number of nitrogens with zero attached hydrogens (tertiary/aromatic N) is 3. The van der Waals surface area contributed by atoms with E-state index in [4.69, 9.17) is 4.74 Å². The van der Waals surface area contributed by atoms with E-state index in [1.807, 2.05) is 57.2 Å². The van der Waals surface area contributed by atoms with Crippen molar-refractivity contribution in [1.29, 1.82) is 0 Å². The number of aryl methyl sites for hydroxylation is 1. The second-order valence-corrected chi connectivity index (χ2v) is 7.72. The number of amides is 1. The molecule has 7 nitrogen and oxygen atoms in total. The summed E-state index contributed by atoms with van der Waals surface area (Å²) >= 11 is 0. The van der Waals surface area contributed by atoms with Crippen molar-refractivity contribution in [2.24, 2.45) is 0 Å². The van der Waals surface area contributed by atoms with Gasteiger partial charge in [-0.25, -0.2) is 4.98 Å². The zero-order chi connectivity index (χ0) is 20.8. The smallest absolute Gasteiger partial charge is 0.251 e. The Morgan fingerprint density at radius 2 is 1.93 bits per heavy atom. The van der Waals surface area contributed by atoms with E-state index in [0.29, 0.717) is 24.2 Å². The van der Waals surface area contributed by atoms with Crippen molar-refractivity contribution in [3.63, 3.8) is 0 Å². The fourth-order valence-electron chi connectivity index (χ4n) is 3.53. The first-order chi connectivity index (χ1) is 14.0. The first kappa shape index (κ1) is 20.9. The molecule has 0 saturated heterocycles. The normalized spacial score (nSPS) is 18.8. The fraction of sp³-hybridized carbons (Fsp3) is 0.500. The first-order valence-electron chi connectivity index (χ1n) is 10.3. The number of rotatable bonds is 7. The lowest BCUT2D eigenvalue weighted by molar-refractivity contribution is 0.0926. The molecular weight excluding hydrogens is 366 g/mol. The van der Waals surface area contributed by atoms with Crippen molar-refractivity contribution in [3.05, 3.63) is 41.6 Å². The van der Waals surface area contributed by atoms with Gasteiger partial charge in [0.2, 0.25) is 5.95 Å². The SMILES string of the molecule is CCOc1cccc(C(=O)NC2CCC(Nc3nc(N(C)C)ncc3C)CC2)c1. The van der Waals surface area contributed by atoms with Gasteiger partial charge in [0, 0.05) is 43.5 Å². The summed E-state index contributed by atoms with van der Waals surface area (Å²) in [6.45, 7) is 4.54. The average molecular weight is 398 g/mol. The van der Waals surface area contributed by atoms with Crippen LogP contribution >= 0.6 is 0 Å². The monoisotopic (exact) mass is 397 g/mol. The Labute approximate surface area is 172 Å². The molecule has 1 aromatic carbocycles. The summed E-state index contributed by atoms with van der Waals surface area (Å²) in [5.74, 6) is 2.29. The van der Waals surface area contributed by atoms with E-state index in [1.165, 1.54) is 0 Å². The van der Waals surface area contributed by atoms with Gasteiger partial charge in [-0.05, 0) is 57.7 Å². The van der Waals surface area contributed by atoms with Crippen LogP contribution in [0, 0.1) is 6.92 Å². The molecule has 0 atom stereocenters. The van der Waals surface area contributed by atoms with E-state index in [9.17, 15) is 4.79 Å². The minimum atomic E-state index is -0.0368. The predicted molar refractivity (Wildman–Crippen MR) is 116 cm³/mol. The van der Waals surface area contributed by atoms with Crippen LogP contribution in [-0.4, -0.2) is 48.7 Å². The lowest BCUT2D eigenvalue weighted by Crippen LogP contribution is -2.40. The van der Waals surface area contributed by atoms with Gasteiger partial charge in [0.05, 0.1) is 6.61 Å². The highest BCUT2D eigenvalue weighted by Gasteiger charge is 2.23. The van der Waals surface area contributed by atoms with Gasteiger partial charge in [0.1, 0.15) is 11.6 Å². The number of carbonyl (C=O) groups is 1. The van der Waals surface area contributed by atoms with Crippen molar-refractivity contribution in [3.8, 4) is 5.75 Å². The minimum absolute atomic E-state index is 0.0368. The maximum Gasteiger partial charge on any atom is 0.251 e. The standard InChI is InChI=1S/C22H31N5O2/c1-5-29-19-8-6-7-16(13-19)21(28)25-18-11-9-17(10-12-18)24-20-15(2)14-23-22(26-20)27(3)4/h6-8,13-14,17-18H,5,9-12H2,1-4H3,(H,25,28)(H,23,24,26). The van der Waals surface area contributed by atoms with Gasteiger partial charge >= 0.3 is 0 Å². The molecule has 29 heavy (non-hydrogen) atoms. The number of aromatic nitrogens is 2. The number of carbonyl (C=O) groups excluding carboxylic acids is 1. The van der Waals surface area contributed by atoms with E-state index in [1.54, 1.807) is 6.07 Å². The Balaban J connectivity index is 1.52. The minimum Gasteiger partial charge on any atom is -0.494 e. The van der Waals surface area contributed by atoms with Crippen LogP contribution in [0.4, 0.5) is 11.8 Å². The summed E-state index contributed by atoms with van der Waals surface area (Å²) < 4.78 is 5.49. The molecule has 0 radical (unpaired) electrons. The van der Waals surface area contributed by atoms with Crippen molar-refractivity contribution >= 4 is 17.7 Å². The lowest BCUT2D eigenvalue weighted by atomic mass is 9.91. The fourth-order valence-corrected chi connectivity index (χ4v) is 3.53. The van der Waals surface area contributed by atoms with Crippen LogP contribution in [0.5, 0.6) is 5.75 Å². The Bertz CT molecular complexity index is 832. The molecule has 1 aliphatic carbocycles. The molecule has 0 spiro atoms. The molecule has 156 valence electrons. The first-order valence-corrected chi connectivity index (χ1v) is 10.3. The van der Waals surface area contributed by atoms with E-state index >= 15 is 0 Å². The molecule has 3 rings (SSSR count). The van der Waals surface area contributed by atoms with Gasteiger partial charge in [-0.15, -0.1) is 0 Å². The highest BCUT2D eigenvalue weighted by Crippen LogP contribution is 2.24. The highest BCUT2D eigenvalue weighted by molar-refractivity contribution is 5.94. The molecule has 2 aromatic rings. The van der Waals surface area contributed by atoms with Gasteiger partial charge < -0.3 is 20.3 Å². The third kappa shape index (κ3) is 5.59.